The zero-order valence-electron chi connectivity index (χ0n) is 33.4. The lowest BCUT2D eigenvalue weighted by Gasteiger charge is -2.34. The van der Waals surface area contributed by atoms with E-state index in [-0.39, 0.29) is 13.1 Å². The molecule has 1 amide bonds. The molecular weight excluding hydrogens is 754 g/mol. The van der Waals surface area contributed by atoms with E-state index < -0.39 is 61.5 Å². The Labute approximate surface area is 339 Å². The van der Waals surface area contributed by atoms with Gasteiger partial charge in [-0.25, -0.2) is 8.78 Å². The van der Waals surface area contributed by atoms with Crippen LogP contribution in [0.4, 0.5) is 14.5 Å². The number of carbonyl (C=O) groups is 1. The van der Waals surface area contributed by atoms with E-state index in [0.717, 1.165) is 63.4 Å². The highest BCUT2D eigenvalue weighted by Crippen LogP contribution is 2.33. The summed E-state index contributed by atoms with van der Waals surface area (Å²) in [6, 6.07) is 7.87. The molecule has 0 bridgehead atoms. The molecule has 6 atom stereocenters. The maximum absolute atomic E-state index is 13.9. The number of alkyl halides is 2. The van der Waals surface area contributed by atoms with Gasteiger partial charge in [-0.15, -0.1) is 0 Å². The number of hydrogen-bond acceptors (Lipinski definition) is 13. The number of halogens is 2. The van der Waals surface area contributed by atoms with Crippen molar-refractivity contribution in [1.29, 1.82) is 5.26 Å². The molecule has 2 aliphatic heterocycles. The minimum atomic E-state index is -3.08. The quantitative estimate of drug-likeness (QED) is 0.0312. The maximum Gasteiger partial charge on any atom is 0.263 e. The SMILES string of the molecule is N#CC1CC(F)(F)CN1C(O)CNC(=O)c1c(NCCCCN2CCN(CCC[C@H](O)CC[C@H](O)CC[C@H](O)CC[C@H](O)CCN=[N+]=[N-])CC2)cnc2ccccc12. The van der Waals surface area contributed by atoms with E-state index >= 15 is 0 Å². The molecule has 16 nitrogen and oxygen atoms in total. The molecule has 2 saturated heterocycles. The van der Waals surface area contributed by atoms with Crippen LogP contribution in [-0.4, -0.2) is 159 Å². The summed E-state index contributed by atoms with van der Waals surface area (Å²) in [5, 5.41) is 70.8. The first kappa shape index (κ1) is 46.9. The fourth-order valence-electron chi connectivity index (χ4n) is 7.64. The highest BCUT2D eigenvalue weighted by atomic mass is 19.3. The zero-order chi connectivity index (χ0) is 41.9. The van der Waals surface area contributed by atoms with Crippen molar-refractivity contribution >= 4 is 22.5 Å². The molecule has 3 heterocycles. The Morgan fingerprint density at radius 1 is 0.914 bits per heavy atom. The number of amides is 1. The van der Waals surface area contributed by atoms with Crippen LogP contribution in [-0.2, 0) is 0 Å². The smallest absolute Gasteiger partial charge is 0.263 e. The highest BCUT2D eigenvalue weighted by Gasteiger charge is 2.47. The van der Waals surface area contributed by atoms with Gasteiger partial charge in [-0.1, -0.05) is 23.3 Å². The van der Waals surface area contributed by atoms with E-state index in [1.165, 1.54) is 0 Å². The molecule has 1 aromatic heterocycles. The molecule has 2 unspecified atom stereocenters. The molecule has 0 radical (unpaired) electrons. The Balaban J connectivity index is 1.08. The van der Waals surface area contributed by atoms with Crippen LogP contribution in [0.2, 0.25) is 0 Å². The molecule has 0 saturated carbocycles. The summed E-state index contributed by atoms with van der Waals surface area (Å²) in [4.78, 5) is 26.5. The van der Waals surface area contributed by atoms with Crippen molar-refractivity contribution in [3.8, 4) is 6.07 Å². The minimum Gasteiger partial charge on any atom is -0.393 e. The number of nitrogens with one attached hydrogen (secondary N) is 2. The molecule has 0 aliphatic carbocycles. The van der Waals surface area contributed by atoms with E-state index in [1.807, 2.05) is 12.1 Å². The number of benzene rings is 1. The van der Waals surface area contributed by atoms with Gasteiger partial charge in [0.2, 0.25) is 0 Å². The van der Waals surface area contributed by atoms with Crippen LogP contribution in [0.1, 0.15) is 87.4 Å². The van der Waals surface area contributed by atoms with Crippen molar-refractivity contribution in [3.05, 3.63) is 46.5 Å². The molecule has 0 spiro atoms. The number of hydrogen-bond donors (Lipinski definition) is 7. The van der Waals surface area contributed by atoms with Gasteiger partial charge >= 0.3 is 0 Å². The third-order valence-corrected chi connectivity index (χ3v) is 11.1. The molecule has 2 aliphatic rings. The van der Waals surface area contributed by atoms with Crippen LogP contribution in [0.3, 0.4) is 0 Å². The van der Waals surface area contributed by atoms with Crippen molar-refractivity contribution in [3.63, 3.8) is 0 Å². The van der Waals surface area contributed by atoms with Crippen molar-refractivity contribution in [2.45, 2.75) is 120 Å². The predicted octanol–water partition coefficient (Wildman–Crippen LogP) is 3.59. The lowest BCUT2D eigenvalue weighted by Crippen LogP contribution is -2.46. The van der Waals surface area contributed by atoms with Crippen LogP contribution in [0.25, 0.3) is 21.3 Å². The summed E-state index contributed by atoms with van der Waals surface area (Å²) in [5.41, 5.74) is 9.80. The monoisotopic (exact) mass is 816 g/mol. The minimum absolute atomic E-state index is 0.218. The molecule has 322 valence electrons. The number of anilines is 1. The van der Waals surface area contributed by atoms with Gasteiger partial charge in [0.15, 0.2) is 0 Å². The largest absolute Gasteiger partial charge is 0.393 e. The third kappa shape index (κ3) is 15.8. The highest BCUT2D eigenvalue weighted by molar-refractivity contribution is 6.10. The summed E-state index contributed by atoms with van der Waals surface area (Å²) in [6.07, 6.45) is 3.48. The first-order chi connectivity index (χ1) is 27.9. The Kier molecular flexibility index (Phi) is 19.7. The number of aliphatic hydroxyl groups excluding tert-OH is 5. The van der Waals surface area contributed by atoms with E-state index in [0.29, 0.717) is 80.1 Å². The van der Waals surface area contributed by atoms with Crippen molar-refractivity contribution in [2.24, 2.45) is 5.11 Å². The third-order valence-electron chi connectivity index (χ3n) is 11.1. The molecule has 1 aromatic carbocycles. The maximum atomic E-state index is 13.9. The van der Waals surface area contributed by atoms with Crippen LogP contribution < -0.4 is 10.6 Å². The van der Waals surface area contributed by atoms with Crippen LogP contribution in [0.15, 0.2) is 35.6 Å². The number of nitrogens with zero attached hydrogens (tertiary/aromatic N) is 8. The second kappa shape index (κ2) is 24.4. The summed E-state index contributed by atoms with van der Waals surface area (Å²) < 4.78 is 27.8. The lowest BCUT2D eigenvalue weighted by atomic mass is 9.99. The van der Waals surface area contributed by atoms with Gasteiger partial charge in [-0.05, 0) is 95.3 Å². The number of azide groups is 1. The number of aliphatic hydroxyl groups is 5. The van der Waals surface area contributed by atoms with Gasteiger partial charge in [0, 0.05) is 56.0 Å². The van der Waals surface area contributed by atoms with Crippen LogP contribution in [0.5, 0.6) is 0 Å². The fourth-order valence-corrected chi connectivity index (χ4v) is 7.64. The number of piperazine rings is 1. The normalized spacial score (nSPS) is 20.1. The second-order valence-electron chi connectivity index (χ2n) is 15.7. The summed E-state index contributed by atoms with van der Waals surface area (Å²) in [6.45, 7) is 5.41. The number of aromatic nitrogens is 1. The average molecular weight is 817 g/mol. The first-order valence-electron chi connectivity index (χ1n) is 20.7. The summed E-state index contributed by atoms with van der Waals surface area (Å²) >= 11 is 0. The number of nitriles is 1. The van der Waals surface area contributed by atoms with Gasteiger partial charge in [0.05, 0.1) is 66.5 Å². The standard InChI is InChI=1S/C40H62F2N10O6/c41-40(42)24-29(25-43)52(28-40)37(57)27-47-39(58)38-34-7-1-2-8-35(34)46-26-36(38)45-16-3-4-18-50-20-22-51(23-21-50)19-5-6-30(53)9-10-31(54)11-12-32(55)13-14-33(56)15-17-48-49-44/h1-2,7-8,26,29-33,37,45,53-57H,3-6,9-24,27-28H2,(H,47,58)/t29?,30-,31-,32-,33-,37?/m0/s1. The molecule has 7 N–H and O–H groups in total. The summed E-state index contributed by atoms with van der Waals surface area (Å²) in [5.74, 6) is -3.57. The summed E-state index contributed by atoms with van der Waals surface area (Å²) in [7, 11) is 0. The van der Waals surface area contributed by atoms with E-state index in [4.69, 9.17) is 5.53 Å². The number of rotatable bonds is 26. The average Bonchev–Trinajstić information content (AvgIpc) is 3.55. The van der Waals surface area contributed by atoms with Gasteiger partial charge in [0.25, 0.3) is 11.8 Å². The van der Waals surface area contributed by atoms with E-state index in [2.05, 4.69) is 35.4 Å². The lowest BCUT2D eigenvalue weighted by molar-refractivity contribution is -0.0305. The van der Waals surface area contributed by atoms with Gasteiger partial charge in [-0.2, -0.15) is 5.26 Å². The van der Waals surface area contributed by atoms with Crippen molar-refractivity contribution in [2.75, 3.05) is 70.8 Å². The second-order valence-corrected chi connectivity index (χ2v) is 15.7. The first-order valence-corrected chi connectivity index (χ1v) is 20.7. The zero-order valence-corrected chi connectivity index (χ0v) is 33.4. The Morgan fingerprint density at radius 2 is 1.50 bits per heavy atom. The molecule has 2 aromatic rings. The number of likely N-dealkylation sites (tertiary alicyclic amines) is 1. The molecule has 4 rings (SSSR count). The van der Waals surface area contributed by atoms with E-state index in [1.54, 1.807) is 24.4 Å². The van der Waals surface area contributed by atoms with Crippen LogP contribution >= 0.6 is 0 Å². The topological polar surface area (TPSA) is 237 Å². The number of pyridine rings is 1. The Hall–Kier alpha value is -3.76. The van der Waals surface area contributed by atoms with Crippen molar-refractivity contribution in [1.82, 2.24) is 25.0 Å². The fraction of sp³-hybridized carbons (Fsp3) is 0.725. The van der Waals surface area contributed by atoms with Gasteiger partial charge in [-0.3, -0.25) is 14.7 Å². The van der Waals surface area contributed by atoms with Crippen molar-refractivity contribution < 1.29 is 39.1 Å². The predicted molar refractivity (Wildman–Crippen MR) is 216 cm³/mol. The number of unbranched alkanes of at least 4 members (excludes halogenated alkanes) is 1. The van der Waals surface area contributed by atoms with Gasteiger partial charge in [0.1, 0.15) is 12.3 Å². The van der Waals surface area contributed by atoms with Crippen LogP contribution in [0, 0.1) is 11.3 Å². The molecule has 58 heavy (non-hydrogen) atoms. The van der Waals surface area contributed by atoms with Gasteiger partial charge < -0.3 is 46.0 Å². The van der Waals surface area contributed by atoms with E-state index in [9.17, 15) is 44.4 Å². The molecule has 18 heteroatoms. The Bertz CT molecular complexity index is 1640. The number of carbonyl (C=O) groups excluding carboxylic acids is 1. The number of para-hydroxylation sites is 1. The Morgan fingerprint density at radius 3 is 2.12 bits per heavy atom. The number of fused-ring (bicyclic) bond motifs is 1. The molecular formula is C40H62F2N10O6. The molecule has 2 fully saturated rings.